The lowest BCUT2D eigenvalue weighted by molar-refractivity contribution is 0.0358. The van der Waals surface area contributed by atoms with Crippen molar-refractivity contribution < 1.29 is 19.4 Å². The third-order valence-electron chi connectivity index (χ3n) is 5.73. The molecule has 0 aromatic heterocycles. The van der Waals surface area contributed by atoms with E-state index in [9.17, 15) is 14.7 Å². The van der Waals surface area contributed by atoms with E-state index in [1.807, 2.05) is 26.0 Å². The van der Waals surface area contributed by atoms with E-state index in [2.05, 4.69) is 11.8 Å². The molecule has 0 bridgehead atoms. The lowest BCUT2D eigenvalue weighted by Gasteiger charge is -2.35. The Kier molecular flexibility index (Phi) is 8.85. The van der Waals surface area contributed by atoms with Crippen LogP contribution in [0.5, 0.6) is 0 Å². The van der Waals surface area contributed by atoms with Gasteiger partial charge in [-0.2, -0.15) is 0 Å². The van der Waals surface area contributed by atoms with Gasteiger partial charge in [-0.25, -0.2) is 4.79 Å². The SMILES string of the molecule is CCCCCCOC(=O)c1ccccc1C(=O)C1(O)C=C(N(CC)CC)C=CC1C. The minimum atomic E-state index is -1.72. The van der Waals surface area contributed by atoms with Crippen molar-refractivity contribution in [3.63, 3.8) is 0 Å². The molecular weight excluding hydrogens is 378 g/mol. The Balaban J connectivity index is 2.27. The minimum absolute atomic E-state index is 0.191. The van der Waals surface area contributed by atoms with Gasteiger partial charge in [0.2, 0.25) is 0 Å². The van der Waals surface area contributed by atoms with Crippen LogP contribution in [-0.4, -0.2) is 47.1 Å². The molecule has 30 heavy (non-hydrogen) atoms. The molecule has 5 nitrogen and oxygen atoms in total. The van der Waals surface area contributed by atoms with E-state index in [0.29, 0.717) is 6.61 Å². The van der Waals surface area contributed by atoms with Gasteiger partial charge in [0.1, 0.15) is 0 Å². The highest BCUT2D eigenvalue weighted by Gasteiger charge is 2.42. The van der Waals surface area contributed by atoms with Gasteiger partial charge in [-0.1, -0.05) is 57.4 Å². The molecule has 0 radical (unpaired) electrons. The fraction of sp³-hybridized carbons (Fsp3) is 0.520. The van der Waals surface area contributed by atoms with Gasteiger partial charge in [0.15, 0.2) is 11.4 Å². The molecule has 164 valence electrons. The Morgan fingerprint density at radius 3 is 2.37 bits per heavy atom. The van der Waals surface area contributed by atoms with Gasteiger partial charge in [-0.3, -0.25) is 4.79 Å². The zero-order valence-electron chi connectivity index (χ0n) is 18.7. The van der Waals surface area contributed by atoms with Crippen LogP contribution in [0.4, 0.5) is 0 Å². The molecule has 0 fully saturated rings. The molecule has 0 saturated heterocycles. The average Bonchev–Trinajstić information content (AvgIpc) is 2.76. The zero-order valence-corrected chi connectivity index (χ0v) is 18.7. The summed E-state index contributed by atoms with van der Waals surface area (Å²) in [5.41, 5.74) is -0.517. The molecular formula is C25H35NO4. The predicted molar refractivity (Wildman–Crippen MR) is 119 cm³/mol. The number of ketones is 1. The van der Waals surface area contributed by atoms with Crippen LogP contribution < -0.4 is 0 Å². The number of benzene rings is 1. The first-order chi connectivity index (χ1) is 14.4. The molecule has 2 unspecified atom stereocenters. The largest absolute Gasteiger partial charge is 0.462 e. The van der Waals surface area contributed by atoms with Crippen LogP contribution >= 0.6 is 0 Å². The minimum Gasteiger partial charge on any atom is -0.462 e. The Morgan fingerprint density at radius 1 is 1.07 bits per heavy atom. The number of carbonyl (C=O) groups is 2. The number of ether oxygens (including phenoxy) is 1. The number of likely N-dealkylation sites (N-methyl/N-ethyl adjacent to an activating group) is 1. The number of carbonyl (C=O) groups excluding carboxylic acids is 2. The number of unbranched alkanes of at least 4 members (excludes halogenated alkanes) is 3. The third-order valence-corrected chi connectivity index (χ3v) is 5.73. The zero-order chi connectivity index (χ0) is 22.1. The van der Waals surface area contributed by atoms with Crippen LogP contribution in [0.2, 0.25) is 0 Å². The van der Waals surface area contributed by atoms with Crippen LogP contribution in [0.3, 0.4) is 0 Å². The topological polar surface area (TPSA) is 66.8 Å². The molecule has 1 aromatic rings. The molecule has 2 atom stereocenters. The number of esters is 1. The van der Waals surface area contributed by atoms with Gasteiger partial charge in [0, 0.05) is 30.3 Å². The van der Waals surface area contributed by atoms with Crippen molar-refractivity contribution in [3.05, 3.63) is 59.3 Å². The first kappa shape index (κ1) is 23.9. The standard InChI is InChI=1S/C25H35NO4/c1-5-8-9-12-17-30-24(28)22-14-11-10-13-21(22)23(27)25(29)18-20(16-15-19(25)4)26(6-2)7-3/h10-11,13-16,18-19,29H,5-9,12,17H2,1-4H3. The van der Waals surface area contributed by atoms with E-state index in [-0.39, 0.29) is 11.1 Å². The highest BCUT2D eigenvalue weighted by atomic mass is 16.5. The average molecular weight is 414 g/mol. The smallest absolute Gasteiger partial charge is 0.338 e. The Hall–Kier alpha value is -2.40. The van der Waals surface area contributed by atoms with Crippen molar-refractivity contribution in [2.75, 3.05) is 19.7 Å². The highest BCUT2D eigenvalue weighted by molar-refractivity contribution is 6.11. The summed E-state index contributed by atoms with van der Waals surface area (Å²) in [4.78, 5) is 28.2. The fourth-order valence-corrected chi connectivity index (χ4v) is 3.70. The van der Waals surface area contributed by atoms with Crippen molar-refractivity contribution >= 4 is 11.8 Å². The van der Waals surface area contributed by atoms with Gasteiger partial charge >= 0.3 is 5.97 Å². The normalized spacial score (nSPS) is 20.6. The summed E-state index contributed by atoms with van der Waals surface area (Å²) in [5.74, 6) is -1.42. The second kappa shape index (κ2) is 11.1. The Morgan fingerprint density at radius 2 is 1.73 bits per heavy atom. The summed E-state index contributed by atoms with van der Waals surface area (Å²) < 4.78 is 5.40. The molecule has 0 spiro atoms. The Labute approximate surface area is 180 Å². The van der Waals surface area contributed by atoms with E-state index < -0.39 is 23.3 Å². The maximum atomic E-state index is 13.5. The lowest BCUT2D eigenvalue weighted by atomic mass is 9.77. The van der Waals surface area contributed by atoms with Gasteiger partial charge in [0.05, 0.1) is 12.2 Å². The van der Waals surface area contributed by atoms with E-state index in [4.69, 9.17) is 4.74 Å². The predicted octanol–water partition coefficient (Wildman–Crippen LogP) is 4.77. The molecule has 2 rings (SSSR count). The number of nitrogens with zero attached hydrogens (tertiary/aromatic N) is 1. The van der Waals surface area contributed by atoms with Crippen molar-refractivity contribution in [2.45, 2.75) is 59.0 Å². The summed E-state index contributed by atoms with van der Waals surface area (Å²) in [6.45, 7) is 9.86. The molecule has 0 aliphatic heterocycles. The monoisotopic (exact) mass is 413 g/mol. The van der Waals surface area contributed by atoms with Crippen LogP contribution in [0.1, 0.15) is 74.1 Å². The van der Waals surface area contributed by atoms with Gasteiger partial charge < -0.3 is 14.7 Å². The molecule has 1 aliphatic carbocycles. The number of allylic oxidation sites excluding steroid dienone is 1. The lowest BCUT2D eigenvalue weighted by Crippen LogP contribution is -2.45. The Bertz CT molecular complexity index is 794. The number of hydrogen-bond acceptors (Lipinski definition) is 5. The first-order valence-corrected chi connectivity index (χ1v) is 11.1. The van der Waals surface area contributed by atoms with Crippen molar-refractivity contribution in [3.8, 4) is 0 Å². The summed E-state index contributed by atoms with van der Waals surface area (Å²) in [6.07, 6.45) is 9.44. The van der Waals surface area contributed by atoms with Gasteiger partial charge in [-0.05, 0) is 38.5 Å². The molecule has 0 amide bonds. The fourth-order valence-electron chi connectivity index (χ4n) is 3.70. The van der Waals surface area contributed by atoms with Crippen LogP contribution in [0, 0.1) is 5.92 Å². The number of Topliss-reactive ketones (excluding diaryl/α,β-unsaturated/α-hetero) is 1. The van der Waals surface area contributed by atoms with Crippen LogP contribution in [0.15, 0.2) is 48.2 Å². The summed E-state index contributed by atoms with van der Waals surface area (Å²) in [5, 5.41) is 11.4. The van der Waals surface area contributed by atoms with Crippen molar-refractivity contribution in [2.24, 2.45) is 5.92 Å². The van der Waals surface area contributed by atoms with Crippen LogP contribution in [-0.2, 0) is 4.74 Å². The van der Waals surface area contributed by atoms with Gasteiger partial charge in [-0.15, -0.1) is 0 Å². The molecule has 5 heteroatoms. The second-order valence-corrected chi connectivity index (χ2v) is 7.79. The summed E-state index contributed by atoms with van der Waals surface area (Å²) in [7, 11) is 0. The van der Waals surface area contributed by atoms with E-state index >= 15 is 0 Å². The maximum Gasteiger partial charge on any atom is 0.338 e. The number of rotatable bonds is 11. The maximum absolute atomic E-state index is 13.5. The first-order valence-electron chi connectivity index (χ1n) is 11.1. The van der Waals surface area contributed by atoms with Crippen LogP contribution in [0.25, 0.3) is 0 Å². The molecule has 0 heterocycles. The summed E-state index contributed by atoms with van der Waals surface area (Å²) >= 11 is 0. The van der Waals surface area contributed by atoms with E-state index in [1.54, 1.807) is 37.3 Å². The molecule has 1 N–H and O–H groups in total. The molecule has 1 aliphatic rings. The van der Waals surface area contributed by atoms with Crippen molar-refractivity contribution in [1.82, 2.24) is 4.90 Å². The quantitative estimate of drug-likeness (QED) is 0.322. The highest BCUT2D eigenvalue weighted by Crippen LogP contribution is 2.32. The molecule has 1 aromatic carbocycles. The number of aliphatic hydroxyl groups is 1. The van der Waals surface area contributed by atoms with E-state index in [1.165, 1.54) is 0 Å². The van der Waals surface area contributed by atoms with Gasteiger partial charge in [0.25, 0.3) is 0 Å². The van der Waals surface area contributed by atoms with Crippen molar-refractivity contribution in [1.29, 1.82) is 0 Å². The summed E-state index contributed by atoms with van der Waals surface area (Å²) in [6, 6.07) is 6.58. The third kappa shape index (κ3) is 5.39. The number of hydrogen-bond donors (Lipinski definition) is 1. The second-order valence-electron chi connectivity index (χ2n) is 7.79. The van der Waals surface area contributed by atoms with E-state index in [0.717, 1.165) is 44.5 Å². The molecule has 0 saturated carbocycles.